The highest BCUT2D eigenvalue weighted by Gasteiger charge is 2.07. The van der Waals surface area contributed by atoms with E-state index in [4.69, 9.17) is 4.74 Å². The van der Waals surface area contributed by atoms with Gasteiger partial charge in [-0.25, -0.2) is 0 Å². The number of carbonyl (C=O) groups excluding carboxylic acids is 1. The van der Waals surface area contributed by atoms with Crippen molar-refractivity contribution in [2.24, 2.45) is 7.05 Å². The van der Waals surface area contributed by atoms with Crippen LogP contribution in [0.2, 0.25) is 0 Å². The monoisotopic (exact) mass is 399 g/mol. The Bertz CT molecular complexity index is 859. The summed E-state index contributed by atoms with van der Waals surface area (Å²) in [6, 6.07) is 16.9. The van der Waals surface area contributed by atoms with E-state index in [1.807, 2.05) is 61.8 Å². The number of aryl methyl sites for hydroxylation is 1. The molecule has 0 saturated heterocycles. The Kier molecular flexibility index (Phi) is 5.50. The molecule has 3 rings (SSSR count). The number of rotatable bonds is 6. The first-order chi connectivity index (χ1) is 12.1. The van der Waals surface area contributed by atoms with Gasteiger partial charge in [-0.1, -0.05) is 28.1 Å². The highest BCUT2D eigenvalue weighted by Crippen LogP contribution is 2.17. The highest BCUT2D eigenvalue weighted by atomic mass is 79.9. The first-order valence-corrected chi connectivity index (χ1v) is 8.63. The topological polar surface area (TPSA) is 56.2 Å². The molecule has 0 fully saturated rings. The second kappa shape index (κ2) is 7.98. The van der Waals surface area contributed by atoms with Crippen LogP contribution in [0.15, 0.2) is 65.3 Å². The second-order valence-electron chi connectivity index (χ2n) is 5.61. The molecule has 0 saturated carbocycles. The number of benzene rings is 2. The molecular formula is C19H18BrN3O2. The van der Waals surface area contributed by atoms with Crippen molar-refractivity contribution in [1.29, 1.82) is 0 Å². The number of aromatic nitrogens is 2. The van der Waals surface area contributed by atoms with E-state index in [2.05, 4.69) is 26.3 Å². The summed E-state index contributed by atoms with van der Waals surface area (Å²) in [6.07, 6.45) is 1.85. The van der Waals surface area contributed by atoms with Crippen LogP contribution in [0.5, 0.6) is 5.75 Å². The third kappa shape index (κ3) is 4.93. The molecule has 1 aromatic heterocycles. The van der Waals surface area contributed by atoms with Crippen LogP contribution in [-0.4, -0.2) is 15.7 Å². The van der Waals surface area contributed by atoms with Crippen molar-refractivity contribution in [2.45, 2.75) is 13.2 Å². The number of nitrogens with one attached hydrogen (secondary N) is 1. The fourth-order valence-corrected chi connectivity index (χ4v) is 2.59. The largest absolute Gasteiger partial charge is 0.489 e. The maximum Gasteiger partial charge on any atom is 0.251 e. The summed E-state index contributed by atoms with van der Waals surface area (Å²) in [5, 5.41) is 7.12. The minimum absolute atomic E-state index is 0.129. The van der Waals surface area contributed by atoms with Gasteiger partial charge in [0, 0.05) is 23.3 Å². The van der Waals surface area contributed by atoms with Gasteiger partial charge in [-0.3, -0.25) is 9.48 Å². The van der Waals surface area contributed by atoms with Crippen molar-refractivity contribution in [3.63, 3.8) is 0 Å². The zero-order chi connectivity index (χ0) is 17.6. The van der Waals surface area contributed by atoms with Crippen molar-refractivity contribution < 1.29 is 9.53 Å². The molecule has 1 amide bonds. The lowest BCUT2D eigenvalue weighted by atomic mass is 10.1. The van der Waals surface area contributed by atoms with Crippen LogP contribution in [0.25, 0.3) is 0 Å². The van der Waals surface area contributed by atoms with E-state index in [1.165, 1.54) is 0 Å². The molecule has 25 heavy (non-hydrogen) atoms. The van der Waals surface area contributed by atoms with Crippen LogP contribution in [-0.2, 0) is 20.2 Å². The van der Waals surface area contributed by atoms with E-state index >= 15 is 0 Å². The number of nitrogens with zero attached hydrogens (tertiary/aromatic N) is 2. The van der Waals surface area contributed by atoms with Gasteiger partial charge >= 0.3 is 0 Å². The van der Waals surface area contributed by atoms with Crippen LogP contribution in [0.3, 0.4) is 0 Å². The molecule has 0 unspecified atom stereocenters. The molecule has 2 aromatic carbocycles. The van der Waals surface area contributed by atoms with Gasteiger partial charge in [-0.05, 0) is 48.0 Å². The average molecular weight is 400 g/mol. The van der Waals surface area contributed by atoms with E-state index in [0.29, 0.717) is 18.7 Å². The van der Waals surface area contributed by atoms with Crippen molar-refractivity contribution in [3.05, 3.63) is 82.1 Å². The molecule has 128 valence electrons. The molecule has 0 aliphatic carbocycles. The van der Waals surface area contributed by atoms with E-state index in [-0.39, 0.29) is 5.91 Å². The Morgan fingerprint density at radius 3 is 2.72 bits per heavy atom. The molecule has 1 N–H and O–H groups in total. The predicted octanol–water partition coefficient (Wildman–Crippen LogP) is 3.69. The molecule has 0 aliphatic rings. The third-order valence-corrected chi connectivity index (χ3v) is 4.14. The van der Waals surface area contributed by atoms with Gasteiger partial charge in [0.2, 0.25) is 0 Å². The Morgan fingerprint density at radius 2 is 2.00 bits per heavy atom. The van der Waals surface area contributed by atoms with Gasteiger partial charge in [0.25, 0.3) is 5.91 Å². The smallest absolute Gasteiger partial charge is 0.251 e. The zero-order valence-corrected chi connectivity index (χ0v) is 15.4. The first kappa shape index (κ1) is 17.2. The minimum Gasteiger partial charge on any atom is -0.489 e. The van der Waals surface area contributed by atoms with Crippen LogP contribution < -0.4 is 10.1 Å². The van der Waals surface area contributed by atoms with E-state index in [0.717, 1.165) is 21.5 Å². The van der Waals surface area contributed by atoms with Gasteiger partial charge < -0.3 is 10.1 Å². The Labute approximate surface area is 154 Å². The quantitative estimate of drug-likeness (QED) is 0.687. The molecule has 0 radical (unpaired) electrons. The van der Waals surface area contributed by atoms with Crippen molar-refractivity contribution in [3.8, 4) is 5.75 Å². The van der Waals surface area contributed by atoms with Crippen LogP contribution in [0.1, 0.15) is 21.6 Å². The molecule has 3 aromatic rings. The van der Waals surface area contributed by atoms with Crippen LogP contribution in [0, 0.1) is 0 Å². The summed E-state index contributed by atoms with van der Waals surface area (Å²) in [7, 11) is 1.85. The lowest BCUT2D eigenvalue weighted by molar-refractivity contribution is 0.0950. The maximum absolute atomic E-state index is 12.3. The number of carbonyl (C=O) groups is 1. The molecule has 0 atom stereocenters. The standard InChI is InChI=1S/C19H18BrN3O2/c1-23-10-9-17(22-23)12-21-19(24)15-4-2-3-14(11-15)13-25-18-7-5-16(20)6-8-18/h2-11H,12-13H2,1H3,(H,21,24). The molecule has 5 nitrogen and oxygen atoms in total. The van der Waals surface area contributed by atoms with Crippen LogP contribution in [0.4, 0.5) is 0 Å². The molecule has 0 aliphatic heterocycles. The summed E-state index contributed by atoms with van der Waals surface area (Å²) in [5.74, 6) is 0.657. The van der Waals surface area contributed by atoms with Crippen molar-refractivity contribution in [1.82, 2.24) is 15.1 Å². The lowest BCUT2D eigenvalue weighted by Gasteiger charge is -2.08. The minimum atomic E-state index is -0.129. The highest BCUT2D eigenvalue weighted by molar-refractivity contribution is 9.10. The van der Waals surface area contributed by atoms with Crippen molar-refractivity contribution >= 4 is 21.8 Å². The zero-order valence-electron chi connectivity index (χ0n) is 13.8. The number of halogens is 1. The number of ether oxygens (including phenoxy) is 1. The van der Waals surface area contributed by atoms with Gasteiger partial charge in [0.05, 0.1) is 12.2 Å². The summed E-state index contributed by atoms with van der Waals surface area (Å²) in [6.45, 7) is 0.808. The molecule has 1 heterocycles. The Hall–Kier alpha value is -2.60. The fraction of sp³-hybridized carbons (Fsp3) is 0.158. The maximum atomic E-state index is 12.3. The van der Waals surface area contributed by atoms with E-state index in [9.17, 15) is 4.79 Å². The average Bonchev–Trinajstić information content (AvgIpc) is 3.05. The summed E-state index contributed by atoms with van der Waals surface area (Å²) in [5.41, 5.74) is 2.37. The summed E-state index contributed by atoms with van der Waals surface area (Å²) < 4.78 is 8.46. The third-order valence-electron chi connectivity index (χ3n) is 3.61. The van der Waals surface area contributed by atoms with Gasteiger partial charge in [0.1, 0.15) is 12.4 Å². The number of hydrogen-bond acceptors (Lipinski definition) is 3. The van der Waals surface area contributed by atoms with Gasteiger partial charge in [-0.2, -0.15) is 5.10 Å². The molecule has 0 bridgehead atoms. The normalized spacial score (nSPS) is 10.5. The second-order valence-corrected chi connectivity index (χ2v) is 6.52. The van der Waals surface area contributed by atoms with E-state index < -0.39 is 0 Å². The van der Waals surface area contributed by atoms with Crippen LogP contribution >= 0.6 is 15.9 Å². The van der Waals surface area contributed by atoms with Crippen molar-refractivity contribution in [2.75, 3.05) is 0 Å². The number of hydrogen-bond donors (Lipinski definition) is 1. The predicted molar refractivity (Wildman–Crippen MR) is 99.3 cm³/mol. The Balaban J connectivity index is 1.58. The summed E-state index contributed by atoms with van der Waals surface area (Å²) in [4.78, 5) is 12.3. The van der Waals surface area contributed by atoms with Gasteiger partial charge in [0.15, 0.2) is 0 Å². The molecule has 6 heteroatoms. The first-order valence-electron chi connectivity index (χ1n) is 7.84. The summed E-state index contributed by atoms with van der Waals surface area (Å²) >= 11 is 3.39. The lowest BCUT2D eigenvalue weighted by Crippen LogP contribution is -2.23. The Morgan fingerprint density at radius 1 is 1.20 bits per heavy atom. The fourth-order valence-electron chi connectivity index (χ4n) is 2.33. The number of amides is 1. The molecule has 0 spiro atoms. The van der Waals surface area contributed by atoms with Gasteiger partial charge in [-0.15, -0.1) is 0 Å². The van der Waals surface area contributed by atoms with E-state index in [1.54, 1.807) is 10.7 Å². The SMILES string of the molecule is Cn1ccc(CNC(=O)c2cccc(COc3ccc(Br)cc3)c2)n1. The molecular weight excluding hydrogens is 382 g/mol.